The number of rotatable bonds is 5. The molecule has 16 heavy (non-hydrogen) atoms. The average Bonchev–Trinajstić information content (AvgIpc) is 2.84. The van der Waals surface area contributed by atoms with Gasteiger partial charge < -0.3 is 5.32 Å². The van der Waals surface area contributed by atoms with Crippen molar-refractivity contribution >= 4 is 11.3 Å². The maximum Gasteiger partial charge on any atom is 0.0300 e. The lowest BCUT2D eigenvalue weighted by Gasteiger charge is -2.12. The molecule has 1 unspecified atom stereocenters. The van der Waals surface area contributed by atoms with Crippen molar-refractivity contribution in [1.82, 2.24) is 10.3 Å². The summed E-state index contributed by atoms with van der Waals surface area (Å²) in [6.07, 6.45) is 4.77. The van der Waals surface area contributed by atoms with Crippen molar-refractivity contribution in [2.75, 3.05) is 6.54 Å². The van der Waals surface area contributed by atoms with Crippen molar-refractivity contribution in [2.45, 2.75) is 19.4 Å². The van der Waals surface area contributed by atoms with Gasteiger partial charge in [0.15, 0.2) is 0 Å². The second kappa shape index (κ2) is 5.77. The van der Waals surface area contributed by atoms with Gasteiger partial charge in [0, 0.05) is 18.4 Å². The van der Waals surface area contributed by atoms with Crippen LogP contribution in [0.4, 0.5) is 0 Å². The second-order valence-electron chi connectivity index (χ2n) is 3.84. The van der Waals surface area contributed by atoms with Crippen LogP contribution in [0.2, 0.25) is 0 Å². The van der Waals surface area contributed by atoms with Crippen molar-refractivity contribution in [3.63, 3.8) is 0 Å². The smallest absolute Gasteiger partial charge is 0.0300 e. The van der Waals surface area contributed by atoms with Crippen molar-refractivity contribution in [2.24, 2.45) is 0 Å². The fourth-order valence-electron chi connectivity index (χ4n) is 1.62. The Morgan fingerprint density at radius 3 is 3.06 bits per heavy atom. The van der Waals surface area contributed by atoms with Crippen LogP contribution in [0.1, 0.15) is 24.1 Å². The van der Waals surface area contributed by atoms with Crippen molar-refractivity contribution < 1.29 is 0 Å². The van der Waals surface area contributed by atoms with Gasteiger partial charge in [-0.25, -0.2) is 0 Å². The van der Waals surface area contributed by atoms with E-state index in [1.54, 1.807) is 11.3 Å². The Kier molecular flexibility index (Phi) is 4.08. The Bertz CT molecular complexity index is 397. The fourth-order valence-corrected chi connectivity index (χ4v) is 2.37. The topological polar surface area (TPSA) is 24.9 Å². The Balaban J connectivity index is 1.76. The fraction of sp³-hybridized carbons (Fsp3) is 0.308. The lowest BCUT2D eigenvalue weighted by Crippen LogP contribution is -2.20. The standard InChI is InChI=1S/C13H16N2S/c1-11(13-5-8-16-10-13)15-7-4-12-3-2-6-14-9-12/h2-3,5-6,8-11,15H,4,7H2,1H3. The summed E-state index contributed by atoms with van der Waals surface area (Å²) in [6.45, 7) is 3.19. The molecule has 0 aliphatic heterocycles. The van der Waals surface area contributed by atoms with E-state index in [0.29, 0.717) is 6.04 Å². The maximum atomic E-state index is 4.11. The number of nitrogens with zero attached hydrogens (tertiary/aromatic N) is 1. The van der Waals surface area contributed by atoms with E-state index in [1.165, 1.54) is 11.1 Å². The van der Waals surface area contributed by atoms with Gasteiger partial charge in [-0.3, -0.25) is 4.98 Å². The molecule has 0 aromatic carbocycles. The highest BCUT2D eigenvalue weighted by atomic mass is 32.1. The van der Waals surface area contributed by atoms with Gasteiger partial charge in [-0.2, -0.15) is 11.3 Å². The Labute approximate surface area is 100 Å². The minimum absolute atomic E-state index is 0.433. The summed E-state index contributed by atoms with van der Waals surface area (Å²) in [6, 6.07) is 6.71. The zero-order chi connectivity index (χ0) is 11.2. The van der Waals surface area contributed by atoms with Crippen LogP contribution in [0.15, 0.2) is 41.4 Å². The SMILES string of the molecule is CC(NCCc1cccnc1)c1ccsc1. The monoisotopic (exact) mass is 232 g/mol. The summed E-state index contributed by atoms with van der Waals surface area (Å²) in [5.74, 6) is 0. The van der Waals surface area contributed by atoms with Crippen LogP contribution in [-0.2, 0) is 6.42 Å². The molecule has 0 saturated heterocycles. The zero-order valence-electron chi connectivity index (χ0n) is 9.39. The Morgan fingerprint density at radius 2 is 2.38 bits per heavy atom. The third-order valence-electron chi connectivity index (χ3n) is 2.63. The minimum atomic E-state index is 0.433. The quantitative estimate of drug-likeness (QED) is 0.857. The summed E-state index contributed by atoms with van der Waals surface area (Å²) in [5.41, 5.74) is 2.66. The average molecular weight is 232 g/mol. The summed E-state index contributed by atoms with van der Waals surface area (Å²) in [5, 5.41) is 7.83. The molecule has 84 valence electrons. The van der Waals surface area contributed by atoms with Crippen LogP contribution in [0.5, 0.6) is 0 Å². The Hall–Kier alpha value is -1.19. The van der Waals surface area contributed by atoms with Gasteiger partial charge in [-0.15, -0.1) is 0 Å². The van der Waals surface area contributed by atoms with E-state index >= 15 is 0 Å². The molecule has 0 radical (unpaired) electrons. The first-order valence-electron chi connectivity index (χ1n) is 5.50. The number of nitrogens with one attached hydrogen (secondary N) is 1. The zero-order valence-corrected chi connectivity index (χ0v) is 10.2. The van der Waals surface area contributed by atoms with Crippen LogP contribution >= 0.6 is 11.3 Å². The van der Waals surface area contributed by atoms with Gasteiger partial charge in [0.2, 0.25) is 0 Å². The van der Waals surface area contributed by atoms with Crippen LogP contribution in [-0.4, -0.2) is 11.5 Å². The number of hydrogen-bond acceptors (Lipinski definition) is 3. The summed E-state index contributed by atoms with van der Waals surface area (Å²) in [7, 11) is 0. The van der Waals surface area contributed by atoms with E-state index in [4.69, 9.17) is 0 Å². The highest BCUT2D eigenvalue weighted by Gasteiger charge is 2.03. The number of hydrogen-bond donors (Lipinski definition) is 1. The first kappa shape index (κ1) is 11.3. The lowest BCUT2D eigenvalue weighted by molar-refractivity contribution is 0.578. The van der Waals surface area contributed by atoms with Gasteiger partial charge in [-0.1, -0.05) is 6.07 Å². The lowest BCUT2D eigenvalue weighted by atomic mass is 10.1. The molecule has 1 N–H and O–H groups in total. The third kappa shape index (κ3) is 3.15. The van der Waals surface area contributed by atoms with Crippen molar-refractivity contribution in [3.05, 3.63) is 52.5 Å². The third-order valence-corrected chi connectivity index (χ3v) is 3.33. The molecule has 0 fully saturated rings. The molecule has 1 atom stereocenters. The molecule has 0 amide bonds. The van der Waals surface area contributed by atoms with Gasteiger partial charge in [0.25, 0.3) is 0 Å². The molecular formula is C13H16N2S. The summed E-state index contributed by atoms with van der Waals surface area (Å²) < 4.78 is 0. The molecule has 3 heteroatoms. The normalized spacial score (nSPS) is 12.6. The molecule has 0 spiro atoms. The van der Waals surface area contributed by atoms with Gasteiger partial charge >= 0.3 is 0 Å². The van der Waals surface area contributed by atoms with E-state index in [1.807, 2.05) is 18.5 Å². The van der Waals surface area contributed by atoms with Crippen LogP contribution in [0.3, 0.4) is 0 Å². The number of aromatic nitrogens is 1. The molecule has 2 aromatic heterocycles. The molecule has 0 bridgehead atoms. The van der Waals surface area contributed by atoms with E-state index < -0.39 is 0 Å². The predicted octanol–water partition coefficient (Wildman–Crippen LogP) is 3.04. The molecule has 2 rings (SSSR count). The largest absolute Gasteiger partial charge is 0.310 e. The first-order valence-corrected chi connectivity index (χ1v) is 6.45. The second-order valence-corrected chi connectivity index (χ2v) is 4.62. The molecule has 2 aromatic rings. The maximum absolute atomic E-state index is 4.11. The summed E-state index contributed by atoms with van der Waals surface area (Å²) >= 11 is 1.75. The summed E-state index contributed by atoms with van der Waals surface area (Å²) in [4.78, 5) is 4.11. The molecule has 2 nitrogen and oxygen atoms in total. The highest BCUT2D eigenvalue weighted by molar-refractivity contribution is 7.07. The first-order chi connectivity index (χ1) is 7.86. The van der Waals surface area contributed by atoms with Gasteiger partial charge in [0.1, 0.15) is 0 Å². The van der Waals surface area contributed by atoms with Crippen LogP contribution in [0.25, 0.3) is 0 Å². The van der Waals surface area contributed by atoms with Gasteiger partial charge in [-0.05, 0) is 53.9 Å². The van der Waals surface area contributed by atoms with E-state index in [2.05, 4.69) is 40.1 Å². The molecule has 0 saturated carbocycles. The minimum Gasteiger partial charge on any atom is -0.310 e. The van der Waals surface area contributed by atoms with Crippen molar-refractivity contribution in [1.29, 1.82) is 0 Å². The number of thiophene rings is 1. The molecular weight excluding hydrogens is 216 g/mol. The van der Waals surface area contributed by atoms with E-state index in [-0.39, 0.29) is 0 Å². The van der Waals surface area contributed by atoms with Crippen LogP contribution in [0, 0.1) is 0 Å². The van der Waals surface area contributed by atoms with E-state index in [9.17, 15) is 0 Å². The van der Waals surface area contributed by atoms with Gasteiger partial charge in [0.05, 0.1) is 0 Å². The molecule has 2 heterocycles. The predicted molar refractivity (Wildman–Crippen MR) is 68.7 cm³/mol. The molecule has 0 aliphatic carbocycles. The highest BCUT2D eigenvalue weighted by Crippen LogP contribution is 2.15. The van der Waals surface area contributed by atoms with E-state index in [0.717, 1.165) is 13.0 Å². The van der Waals surface area contributed by atoms with Crippen LogP contribution < -0.4 is 5.32 Å². The number of pyridine rings is 1. The Morgan fingerprint density at radius 1 is 1.44 bits per heavy atom. The van der Waals surface area contributed by atoms with Crippen molar-refractivity contribution in [3.8, 4) is 0 Å². The molecule has 0 aliphatic rings.